The molecule has 20 heavy (non-hydrogen) atoms. The number of aromatic nitrogens is 1. The molecule has 1 aromatic carbocycles. The van der Waals surface area contributed by atoms with Gasteiger partial charge in [-0.1, -0.05) is 11.6 Å². The number of hydrogen-bond acceptors (Lipinski definition) is 3. The van der Waals surface area contributed by atoms with Gasteiger partial charge < -0.3 is 15.4 Å². The zero-order chi connectivity index (χ0) is 14.4. The lowest BCUT2D eigenvalue weighted by Crippen LogP contribution is -2.39. The van der Waals surface area contributed by atoms with Gasteiger partial charge in [0, 0.05) is 11.2 Å². The average Bonchev–Trinajstić information content (AvgIpc) is 2.42. The maximum absolute atomic E-state index is 11.7. The minimum atomic E-state index is -0.479. The van der Waals surface area contributed by atoms with Gasteiger partial charge in [-0.3, -0.25) is 4.98 Å². The van der Waals surface area contributed by atoms with Crippen molar-refractivity contribution in [2.24, 2.45) is 0 Å². The normalized spacial score (nSPS) is 11.5. The largest absolute Gasteiger partial charge is 0.471 e. The summed E-state index contributed by atoms with van der Waals surface area (Å²) in [6.07, 6.45) is 2.72. The van der Waals surface area contributed by atoms with Gasteiger partial charge in [-0.25, -0.2) is 4.79 Å². The molecule has 1 heterocycles. The average molecular weight is 292 g/mol. The summed E-state index contributed by atoms with van der Waals surface area (Å²) in [5, 5.41) is 5.94. The summed E-state index contributed by atoms with van der Waals surface area (Å²) in [5.74, 6) is 0.628. The summed E-state index contributed by atoms with van der Waals surface area (Å²) in [6, 6.07) is 10.0. The molecule has 1 aromatic heterocycles. The topological polar surface area (TPSA) is 63.2 Å². The minimum Gasteiger partial charge on any atom is -0.471 e. The van der Waals surface area contributed by atoms with E-state index in [9.17, 15) is 4.79 Å². The Morgan fingerprint density at radius 3 is 2.70 bits per heavy atom. The van der Waals surface area contributed by atoms with Crippen LogP contribution in [0.5, 0.6) is 5.75 Å². The molecule has 2 rings (SSSR count). The van der Waals surface area contributed by atoms with Gasteiger partial charge in [0.25, 0.3) is 0 Å². The molecule has 0 bridgehead atoms. The van der Waals surface area contributed by atoms with Crippen LogP contribution in [-0.4, -0.2) is 17.2 Å². The number of rotatable bonds is 4. The van der Waals surface area contributed by atoms with Gasteiger partial charge in [0.15, 0.2) is 6.23 Å². The number of anilines is 1. The van der Waals surface area contributed by atoms with E-state index in [1.165, 1.54) is 0 Å². The van der Waals surface area contributed by atoms with Crippen molar-refractivity contribution < 1.29 is 9.53 Å². The Bertz CT molecular complexity index is 560. The van der Waals surface area contributed by atoms with E-state index in [1.54, 1.807) is 55.7 Å². The maximum Gasteiger partial charge on any atom is 0.322 e. The van der Waals surface area contributed by atoms with Gasteiger partial charge in [0.1, 0.15) is 5.75 Å². The van der Waals surface area contributed by atoms with E-state index in [-0.39, 0.29) is 6.03 Å². The molecule has 0 radical (unpaired) electrons. The second-order valence-electron chi connectivity index (χ2n) is 4.05. The van der Waals surface area contributed by atoms with Gasteiger partial charge >= 0.3 is 6.03 Å². The molecule has 0 saturated heterocycles. The van der Waals surface area contributed by atoms with E-state index in [0.717, 1.165) is 0 Å². The lowest BCUT2D eigenvalue weighted by atomic mass is 10.3. The third kappa shape index (κ3) is 4.44. The van der Waals surface area contributed by atoms with Gasteiger partial charge in [0.05, 0.1) is 11.9 Å². The van der Waals surface area contributed by atoms with Gasteiger partial charge in [-0.15, -0.1) is 0 Å². The van der Waals surface area contributed by atoms with E-state index in [0.29, 0.717) is 16.5 Å². The van der Waals surface area contributed by atoms with Crippen LogP contribution in [0.2, 0.25) is 5.02 Å². The Hall–Kier alpha value is -2.27. The molecule has 1 atom stereocenters. The highest BCUT2D eigenvalue weighted by Gasteiger charge is 2.08. The van der Waals surface area contributed by atoms with Crippen LogP contribution in [-0.2, 0) is 0 Å². The molecule has 0 saturated carbocycles. The van der Waals surface area contributed by atoms with Gasteiger partial charge in [-0.2, -0.15) is 0 Å². The van der Waals surface area contributed by atoms with Crippen LogP contribution in [0.4, 0.5) is 10.5 Å². The van der Waals surface area contributed by atoms with Crippen molar-refractivity contribution >= 4 is 23.3 Å². The van der Waals surface area contributed by atoms with Crippen LogP contribution in [0.3, 0.4) is 0 Å². The van der Waals surface area contributed by atoms with Crippen molar-refractivity contribution in [1.29, 1.82) is 0 Å². The van der Waals surface area contributed by atoms with Crippen LogP contribution < -0.4 is 15.4 Å². The second kappa shape index (κ2) is 6.77. The molecule has 1 unspecified atom stereocenters. The monoisotopic (exact) mass is 291 g/mol. The standard InChI is InChI=1S/C14H14ClN3O2/c1-10(20-13-6-4-11(15)5-7-13)17-14(19)18-12-3-2-8-16-9-12/h2-10H,1H3,(H2,17,18,19). The van der Waals surface area contributed by atoms with Crippen molar-refractivity contribution in [3.05, 3.63) is 53.8 Å². The fourth-order valence-corrected chi connectivity index (χ4v) is 1.66. The number of halogens is 1. The molecule has 0 fully saturated rings. The smallest absolute Gasteiger partial charge is 0.322 e. The van der Waals surface area contributed by atoms with Crippen LogP contribution in [0.1, 0.15) is 6.92 Å². The number of ether oxygens (including phenoxy) is 1. The molecule has 2 amide bonds. The Labute approximate surface area is 121 Å². The zero-order valence-electron chi connectivity index (χ0n) is 10.8. The summed E-state index contributed by atoms with van der Waals surface area (Å²) in [6.45, 7) is 1.73. The summed E-state index contributed by atoms with van der Waals surface area (Å²) in [4.78, 5) is 15.6. The molecule has 0 spiro atoms. The van der Waals surface area contributed by atoms with Gasteiger partial charge in [-0.05, 0) is 43.3 Å². The number of pyridine rings is 1. The Balaban J connectivity index is 1.83. The van der Waals surface area contributed by atoms with E-state index in [4.69, 9.17) is 16.3 Å². The first-order chi connectivity index (χ1) is 9.63. The minimum absolute atomic E-state index is 0.362. The predicted molar refractivity (Wildman–Crippen MR) is 77.9 cm³/mol. The van der Waals surface area contributed by atoms with E-state index in [2.05, 4.69) is 15.6 Å². The molecular weight excluding hydrogens is 278 g/mol. The number of nitrogens with one attached hydrogen (secondary N) is 2. The Morgan fingerprint density at radius 2 is 2.05 bits per heavy atom. The number of nitrogens with zero attached hydrogens (tertiary/aromatic N) is 1. The van der Waals surface area contributed by atoms with Crippen molar-refractivity contribution in [1.82, 2.24) is 10.3 Å². The van der Waals surface area contributed by atoms with E-state index >= 15 is 0 Å². The summed E-state index contributed by atoms with van der Waals surface area (Å²) < 4.78 is 5.53. The van der Waals surface area contributed by atoms with Crippen molar-refractivity contribution in [3.63, 3.8) is 0 Å². The van der Waals surface area contributed by atoms with Crippen molar-refractivity contribution in [2.45, 2.75) is 13.2 Å². The highest BCUT2D eigenvalue weighted by atomic mass is 35.5. The third-order valence-corrected chi connectivity index (χ3v) is 2.63. The van der Waals surface area contributed by atoms with Gasteiger partial charge in [0.2, 0.25) is 0 Å². The molecule has 2 aromatic rings. The first-order valence-corrected chi connectivity index (χ1v) is 6.41. The fraction of sp³-hybridized carbons (Fsp3) is 0.143. The number of amides is 2. The van der Waals surface area contributed by atoms with E-state index < -0.39 is 6.23 Å². The number of urea groups is 1. The summed E-state index contributed by atoms with van der Waals surface area (Å²) >= 11 is 5.78. The lowest BCUT2D eigenvalue weighted by molar-refractivity contribution is 0.183. The predicted octanol–water partition coefficient (Wildman–Crippen LogP) is 3.28. The number of carbonyl (C=O) groups is 1. The maximum atomic E-state index is 11.7. The molecule has 0 aliphatic carbocycles. The van der Waals surface area contributed by atoms with Crippen molar-refractivity contribution in [3.8, 4) is 5.75 Å². The third-order valence-electron chi connectivity index (χ3n) is 2.38. The van der Waals surface area contributed by atoms with Crippen LogP contribution in [0.25, 0.3) is 0 Å². The number of benzene rings is 1. The number of hydrogen-bond donors (Lipinski definition) is 2. The number of carbonyl (C=O) groups excluding carboxylic acids is 1. The Morgan fingerprint density at radius 1 is 1.30 bits per heavy atom. The lowest BCUT2D eigenvalue weighted by Gasteiger charge is -2.16. The summed E-state index contributed by atoms with van der Waals surface area (Å²) in [7, 11) is 0. The highest BCUT2D eigenvalue weighted by Crippen LogP contribution is 2.16. The summed E-state index contributed by atoms with van der Waals surface area (Å²) in [5.41, 5.74) is 0.615. The molecule has 6 heteroatoms. The van der Waals surface area contributed by atoms with E-state index in [1.807, 2.05) is 0 Å². The van der Waals surface area contributed by atoms with Crippen LogP contribution in [0, 0.1) is 0 Å². The first kappa shape index (κ1) is 14.1. The molecule has 104 valence electrons. The fourth-order valence-electron chi connectivity index (χ4n) is 1.54. The molecular formula is C14H14ClN3O2. The van der Waals surface area contributed by atoms with Crippen molar-refractivity contribution in [2.75, 3.05) is 5.32 Å². The molecule has 2 N–H and O–H groups in total. The molecule has 0 aliphatic heterocycles. The second-order valence-corrected chi connectivity index (χ2v) is 4.49. The molecule has 5 nitrogen and oxygen atoms in total. The SMILES string of the molecule is CC(NC(=O)Nc1cccnc1)Oc1ccc(Cl)cc1. The highest BCUT2D eigenvalue weighted by molar-refractivity contribution is 6.30. The Kier molecular flexibility index (Phi) is 4.79. The quantitative estimate of drug-likeness (QED) is 0.850. The first-order valence-electron chi connectivity index (χ1n) is 6.03. The molecule has 0 aliphatic rings. The van der Waals surface area contributed by atoms with Crippen LogP contribution in [0.15, 0.2) is 48.8 Å². The zero-order valence-corrected chi connectivity index (χ0v) is 11.6. The van der Waals surface area contributed by atoms with Crippen LogP contribution >= 0.6 is 11.6 Å².